The van der Waals surface area contributed by atoms with Crippen LogP contribution in [-0.2, 0) is 14.3 Å². The van der Waals surface area contributed by atoms with Crippen molar-refractivity contribution in [3.63, 3.8) is 0 Å². The van der Waals surface area contributed by atoms with E-state index in [4.69, 9.17) is 21.1 Å². The number of amides is 1. The second-order valence-corrected chi connectivity index (χ2v) is 5.90. The van der Waals surface area contributed by atoms with Gasteiger partial charge in [0.1, 0.15) is 0 Å². The van der Waals surface area contributed by atoms with Crippen LogP contribution in [0.2, 0.25) is 5.02 Å². The summed E-state index contributed by atoms with van der Waals surface area (Å²) in [5, 5.41) is 0.718. The number of hydrogen-bond acceptors (Lipinski definition) is 3. The van der Waals surface area contributed by atoms with Crippen LogP contribution >= 0.6 is 11.6 Å². The molecule has 3 atom stereocenters. The molecular weight excluding hydrogens is 290 g/mol. The minimum atomic E-state index is -0.483. The van der Waals surface area contributed by atoms with Gasteiger partial charge < -0.3 is 14.4 Å². The van der Waals surface area contributed by atoms with Crippen molar-refractivity contribution in [2.24, 2.45) is 0 Å². The molecule has 0 unspecified atom stereocenters. The van der Waals surface area contributed by atoms with Crippen LogP contribution in [0, 0.1) is 0 Å². The molecule has 1 fully saturated rings. The number of hydrogen-bond donors (Lipinski definition) is 0. The number of nitrogens with zero attached hydrogens (tertiary/aromatic N) is 1. The van der Waals surface area contributed by atoms with Crippen molar-refractivity contribution in [1.29, 1.82) is 0 Å². The molecule has 1 aliphatic heterocycles. The van der Waals surface area contributed by atoms with Gasteiger partial charge in [-0.25, -0.2) is 0 Å². The number of benzene rings is 1. The normalized spacial score (nSPS) is 21.6. The van der Waals surface area contributed by atoms with E-state index in [9.17, 15) is 4.79 Å². The Morgan fingerprint density at radius 3 is 2.52 bits per heavy atom. The molecule has 2 rings (SSSR count). The van der Waals surface area contributed by atoms with Crippen LogP contribution in [0.15, 0.2) is 24.3 Å². The molecule has 0 bridgehead atoms. The van der Waals surface area contributed by atoms with Crippen LogP contribution in [-0.4, -0.2) is 49.8 Å². The van der Waals surface area contributed by atoms with Crippen molar-refractivity contribution in [3.05, 3.63) is 34.9 Å². The minimum Gasteiger partial charge on any atom is -0.376 e. The summed E-state index contributed by atoms with van der Waals surface area (Å²) in [6.07, 6.45) is -0.483. The molecule has 1 saturated heterocycles. The Balaban J connectivity index is 2.01. The van der Waals surface area contributed by atoms with E-state index >= 15 is 0 Å². The van der Waals surface area contributed by atoms with E-state index < -0.39 is 6.10 Å². The molecule has 1 aromatic carbocycles. The third kappa shape index (κ3) is 3.96. The Morgan fingerprint density at radius 2 is 1.95 bits per heavy atom. The topological polar surface area (TPSA) is 38.8 Å². The van der Waals surface area contributed by atoms with Gasteiger partial charge in [0, 0.05) is 24.0 Å². The van der Waals surface area contributed by atoms with E-state index in [1.165, 1.54) is 0 Å². The van der Waals surface area contributed by atoms with E-state index in [2.05, 4.69) is 6.92 Å². The molecule has 0 N–H and O–H groups in total. The van der Waals surface area contributed by atoms with Crippen LogP contribution in [0.4, 0.5) is 0 Å². The van der Waals surface area contributed by atoms with Gasteiger partial charge >= 0.3 is 0 Å². The monoisotopic (exact) mass is 311 g/mol. The smallest absolute Gasteiger partial charge is 0.254 e. The molecule has 5 heteroatoms. The van der Waals surface area contributed by atoms with Gasteiger partial charge in [0.2, 0.25) is 0 Å². The summed E-state index contributed by atoms with van der Waals surface area (Å²) in [6, 6.07) is 7.81. The Bertz CT molecular complexity index is 471. The first-order chi connectivity index (χ1) is 10.0. The standard InChI is InChI=1S/C16H22ClNO3/c1-11(13-4-6-14(17)7-5-13)12(2)18(3)16(19)15-10-20-8-9-21-15/h4-7,11-12,15H,8-10H2,1-3H3/t11-,12+,15-/m0/s1. The average molecular weight is 312 g/mol. The first-order valence-corrected chi connectivity index (χ1v) is 7.60. The molecule has 4 nitrogen and oxygen atoms in total. The summed E-state index contributed by atoms with van der Waals surface area (Å²) in [5.41, 5.74) is 1.16. The first-order valence-electron chi connectivity index (χ1n) is 7.22. The van der Waals surface area contributed by atoms with Crippen molar-refractivity contribution >= 4 is 17.5 Å². The van der Waals surface area contributed by atoms with E-state index in [1.54, 1.807) is 4.90 Å². The third-order valence-corrected chi connectivity index (χ3v) is 4.42. The molecule has 1 aliphatic rings. The lowest BCUT2D eigenvalue weighted by molar-refractivity contribution is -0.158. The second-order valence-electron chi connectivity index (χ2n) is 5.46. The van der Waals surface area contributed by atoms with Crippen molar-refractivity contribution in [2.45, 2.75) is 31.9 Å². The number of rotatable bonds is 4. The average Bonchev–Trinajstić information content (AvgIpc) is 2.53. The molecule has 0 spiro atoms. The molecular formula is C16H22ClNO3. The van der Waals surface area contributed by atoms with Crippen LogP contribution < -0.4 is 0 Å². The molecule has 0 aliphatic carbocycles. The van der Waals surface area contributed by atoms with Gasteiger partial charge in [-0.2, -0.15) is 0 Å². The zero-order chi connectivity index (χ0) is 15.4. The van der Waals surface area contributed by atoms with Gasteiger partial charge in [-0.15, -0.1) is 0 Å². The Hall–Kier alpha value is -1.10. The van der Waals surface area contributed by atoms with Crippen molar-refractivity contribution in [1.82, 2.24) is 4.90 Å². The summed E-state index contributed by atoms with van der Waals surface area (Å²) in [4.78, 5) is 14.2. The van der Waals surface area contributed by atoms with Crippen molar-refractivity contribution in [2.75, 3.05) is 26.9 Å². The fraction of sp³-hybridized carbons (Fsp3) is 0.562. The third-order valence-electron chi connectivity index (χ3n) is 4.17. The second kappa shape index (κ2) is 7.25. The van der Waals surface area contributed by atoms with Crippen LogP contribution in [0.5, 0.6) is 0 Å². The maximum absolute atomic E-state index is 12.4. The lowest BCUT2D eigenvalue weighted by Crippen LogP contribution is -2.48. The molecule has 0 aromatic heterocycles. The number of halogens is 1. The highest BCUT2D eigenvalue weighted by Gasteiger charge is 2.30. The molecule has 0 saturated carbocycles. The summed E-state index contributed by atoms with van der Waals surface area (Å²) in [7, 11) is 1.82. The summed E-state index contributed by atoms with van der Waals surface area (Å²) in [6.45, 7) is 5.53. The summed E-state index contributed by atoms with van der Waals surface area (Å²) >= 11 is 5.92. The number of carbonyl (C=O) groups excluding carboxylic acids is 1. The summed E-state index contributed by atoms with van der Waals surface area (Å²) in [5.74, 6) is 0.184. The Morgan fingerprint density at radius 1 is 1.29 bits per heavy atom. The van der Waals surface area contributed by atoms with E-state index in [1.807, 2.05) is 38.2 Å². The largest absolute Gasteiger partial charge is 0.376 e. The van der Waals surface area contributed by atoms with E-state index in [-0.39, 0.29) is 17.9 Å². The van der Waals surface area contributed by atoms with Gasteiger partial charge in [0.25, 0.3) is 5.91 Å². The van der Waals surface area contributed by atoms with Gasteiger partial charge in [0.15, 0.2) is 6.10 Å². The van der Waals surface area contributed by atoms with Gasteiger partial charge in [-0.05, 0) is 24.6 Å². The molecule has 116 valence electrons. The Kier molecular flexibility index (Phi) is 5.62. The molecule has 1 amide bonds. The highest BCUT2D eigenvalue weighted by atomic mass is 35.5. The first kappa shape index (κ1) is 16.3. The molecule has 0 radical (unpaired) electrons. The van der Waals surface area contributed by atoms with Gasteiger partial charge in [0.05, 0.1) is 19.8 Å². The number of likely N-dealkylation sites (N-methyl/N-ethyl adjacent to an activating group) is 1. The maximum atomic E-state index is 12.4. The molecule has 1 aromatic rings. The minimum absolute atomic E-state index is 0.0250. The zero-order valence-electron chi connectivity index (χ0n) is 12.7. The maximum Gasteiger partial charge on any atom is 0.254 e. The highest BCUT2D eigenvalue weighted by Crippen LogP contribution is 2.24. The predicted octanol–water partition coefficient (Wildman–Crippen LogP) is 2.71. The molecule has 1 heterocycles. The lowest BCUT2D eigenvalue weighted by Gasteiger charge is -2.33. The van der Waals surface area contributed by atoms with Crippen LogP contribution in [0.1, 0.15) is 25.3 Å². The predicted molar refractivity (Wildman–Crippen MR) is 82.7 cm³/mol. The molecule has 21 heavy (non-hydrogen) atoms. The fourth-order valence-corrected chi connectivity index (χ4v) is 2.56. The van der Waals surface area contributed by atoms with Crippen molar-refractivity contribution in [3.8, 4) is 0 Å². The fourth-order valence-electron chi connectivity index (χ4n) is 2.44. The number of ether oxygens (including phenoxy) is 2. The van der Waals surface area contributed by atoms with E-state index in [0.29, 0.717) is 19.8 Å². The highest BCUT2D eigenvalue weighted by molar-refractivity contribution is 6.30. The van der Waals surface area contributed by atoms with Gasteiger partial charge in [-0.3, -0.25) is 4.79 Å². The number of carbonyl (C=O) groups is 1. The van der Waals surface area contributed by atoms with Crippen molar-refractivity contribution < 1.29 is 14.3 Å². The SMILES string of the molecule is C[C@H](c1ccc(Cl)cc1)[C@@H](C)N(C)C(=O)[C@@H]1COCCO1. The quantitative estimate of drug-likeness (QED) is 0.858. The lowest BCUT2D eigenvalue weighted by atomic mass is 9.93. The van der Waals surface area contributed by atoms with E-state index in [0.717, 1.165) is 10.6 Å². The summed E-state index contributed by atoms with van der Waals surface area (Å²) < 4.78 is 10.8. The van der Waals surface area contributed by atoms with Crippen LogP contribution in [0.25, 0.3) is 0 Å². The van der Waals surface area contributed by atoms with Crippen LogP contribution in [0.3, 0.4) is 0 Å². The Labute approximate surface area is 131 Å². The van der Waals surface area contributed by atoms with Gasteiger partial charge in [-0.1, -0.05) is 30.7 Å². The zero-order valence-corrected chi connectivity index (χ0v) is 13.5.